The number of nitrogens with two attached hydrogens (primary N) is 1. The van der Waals surface area contributed by atoms with Crippen LogP contribution in [0.3, 0.4) is 0 Å². The summed E-state index contributed by atoms with van der Waals surface area (Å²) in [6.07, 6.45) is 4.36. The number of anilines is 2. The Balaban J connectivity index is 1.50. The minimum atomic E-state index is -0.160. The summed E-state index contributed by atoms with van der Waals surface area (Å²) in [4.78, 5) is 21.5. The van der Waals surface area contributed by atoms with Gasteiger partial charge in [-0.1, -0.05) is 37.3 Å². The molecule has 158 valence electrons. The molecule has 0 aliphatic heterocycles. The molecule has 3 aromatic heterocycles. The lowest BCUT2D eigenvalue weighted by molar-refractivity contribution is 0.0953. The van der Waals surface area contributed by atoms with Crippen molar-refractivity contribution in [1.29, 1.82) is 0 Å². The first-order chi connectivity index (χ1) is 15.0. The number of nitrogens with zero attached hydrogens (tertiary/aromatic N) is 4. The predicted molar refractivity (Wildman–Crippen MR) is 122 cm³/mol. The van der Waals surface area contributed by atoms with Gasteiger partial charge in [0, 0.05) is 31.5 Å². The normalized spacial score (nSPS) is 11.9. The number of pyridine rings is 2. The van der Waals surface area contributed by atoms with Crippen LogP contribution in [0.4, 0.5) is 11.8 Å². The molecular weight excluding hydrogens is 390 g/mol. The van der Waals surface area contributed by atoms with E-state index in [1.807, 2.05) is 36.4 Å². The Morgan fingerprint density at radius 2 is 1.97 bits per heavy atom. The first kappa shape index (κ1) is 20.3. The van der Waals surface area contributed by atoms with Crippen LogP contribution in [0.2, 0.25) is 0 Å². The number of rotatable bonds is 7. The number of hydrogen-bond donors (Lipinski definition) is 3. The van der Waals surface area contributed by atoms with Crippen LogP contribution in [0.5, 0.6) is 0 Å². The van der Waals surface area contributed by atoms with E-state index >= 15 is 0 Å². The van der Waals surface area contributed by atoms with Gasteiger partial charge in [-0.05, 0) is 41.7 Å². The molecular formula is C23H25N7O. The first-order valence-corrected chi connectivity index (χ1v) is 10.2. The average Bonchev–Trinajstić information content (AvgIpc) is 3.18. The molecule has 0 saturated carbocycles. The van der Waals surface area contributed by atoms with E-state index in [0.29, 0.717) is 29.5 Å². The van der Waals surface area contributed by atoms with Crippen molar-refractivity contribution < 1.29 is 4.79 Å². The van der Waals surface area contributed by atoms with Crippen molar-refractivity contribution in [3.8, 4) is 11.1 Å². The number of fused-ring (bicyclic) bond motifs is 1. The predicted octanol–water partition coefficient (Wildman–Crippen LogP) is 3.34. The molecule has 1 aromatic carbocycles. The number of nitrogen functional groups attached to an aromatic ring is 1. The second-order valence-corrected chi connectivity index (χ2v) is 7.41. The molecule has 8 nitrogen and oxygen atoms in total. The summed E-state index contributed by atoms with van der Waals surface area (Å²) in [7, 11) is 1.75. The van der Waals surface area contributed by atoms with Crippen LogP contribution in [-0.2, 0) is 0 Å². The lowest BCUT2D eigenvalue weighted by atomic mass is 9.98. The van der Waals surface area contributed by atoms with E-state index in [-0.39, 0.29) is 11.9 Å². The highest BCUT2D eigenvalue weighted by Crippen LogP contribution is 2.24. The maximum absolute atomic E-state index is 12.9. The second-order valence-electron chi connectivity index (χ2n) is 7.41. The van der Waals surface area contributed by atoms with Gasteiger partial charge in [0.05, 0.1) is 5.56 Å². The third-order valence-electron chi connectivity index (χ3n) is 5.29. The van der Waals surface area contributed by atoms with E-state index in [1.165, 1.54) is 5.56 Å². The Labute approximate surface area is 180 Å². The molecule has 0 radical (unpaired) electrons. The molecule has 0 bridgehead atoms. The van der Waals surface area contributed by atoms with Crippen LogP contribution in [0.25, 0.3) is 16.8 Å². The van der Waals surface area contributed by atoms with Gasteiger partial charge in [-0.25, -0.2) is 9.50 Å². The molecule has 0 spiro atoms. The SMILES string of the molecule is CNc1ncc(-c2ccn3nc(N)nc3c2)cc1C(=O)NCCC(C)c1ccccc1. The monoisotopic (exact) mass is 415 g/mol. The number of carbonyl (C=O) groups excluding carboxylic acids is 1. The first-order valence-electron chi connectivity index (χ1n) is 10.2. The zero-order valence-corrected chi connectivity index (χ0v) is 17.5. The maximum Gasteiger partial charge on any atom is 0.255 e. The third-order valence-corrected chi connectivity index (χ3v) is 5.29. The fraction of sp³-hybridized carbons (Fsp3) is 0.217. The quantitative estimate of drug-likeness (QED) is 0.427. The van der Waals surface area contributed by atoms with Crippen LogP contribution in [-0.4, -0.2) is 39.1 Å². The van der Waals surface area contributed by atoms with Gasteiger partial charge in [-0.3, -0.25) is 4.79 Å². The van der Waals surface area contributed by atoms with Crippen LogP contribution in [0.1, 0.15) is 35.2 Å². The van der Waals surface area contributed by atoms with Crippen LogP contribution in [0, 0.1) is 0 Å². The van der Waals surface area contributed by atoms with Gasteiger partial charge in [-0.2, -0.15) is 4.98 Å². The van der Waals surface area contributed by atoms with Crippen molar-refractivity contribution in [1.82, 2.24) is 24.9 Å². The second kappa shape index (κ2) is 8.83. The van der Waals surface area contributed by atoms with Crippen molar-refractivity contribution in [3.05, 3.63) is 72.1 Å². The third kappa shape index (κ3) is 4.48. The highest BCUT2D eigenvalue weighted by atomic mass is 16.1. The summed E-state index contributed by atoms with van der Waals surface area (Å²) in [6, 6.07) is 15.9. The van der Waals surface area contributed by atoms with Crippen LogP contribution >= 0.6 is 0 Å². The molecule has 4 aromatic rings. The molecule has 3 heterocycles. The van der Waals surface area contributed by atoms with E-state index < -0.39 is 0 Å². The van der Waals surface area contributed by atoms with E-state index in [0.717, 1.165) is 17.5 Å². The summed E-state index contributed by atoms with van der Waals surface area (Å²) in [5.74, 6) is 0.944. The molecule has 0 fully saturated rings. The fourth-order valence-electron chi connectivity index (χ4n) is 3.52. The standard InChI is InChI=1S/C23H25N7O/c1-15(16-6-4-3-5-7-16)8-10-26-22(31)19-12-18(14-27-21(19)25-2)17-9-11-30-20(13-17)28-23(24)29-30/h3-7,9,11-15H,8,10H2,1-2H3,(H2,24,29)(H,25,27)(H,26,31). The molecule has 8 heteroatoms. The van der Waals surface area contributed by atoms with Gasteiger partial charge < -0.3 is 16.4 Å². The average molecular weight is 416 g/mol. The number of nitrogens with one attached hydrogen (secondary N) is 2. The van der Waals surface area contributed by atoms with Gasteiger partial charge in [0.2, 0.25) is 5.95 Å². The lowest BCUT2D eigenvalue weighted by Crippen LogP contribution is -2.26. The summed E-state index contributed by atoms with van der Waals surface area (Å²) in [6.45, 7) is 2.74. The maximum atomic E-state index is 12.9. The lowest BCUT2D eigenvalue weighted by Gasteiger charge is -2.14. The number of aromatic nitrogens is 4. The van der Waals surface area contributed by atoms with E-state index in [1.54, 1.807) is 24.0 Å². The zero-order valence-electron chi connectivity index (χ0n) is 17.5. The fourth-order valence-corrected chi connectivity index (χ4v) is 3.52. The van der Waals surface area contributed by atoms with Crippen LogP contribution < -0.4 is 16.4 Å². The zero-order chi connectivity index (χ0) is 21.8. The molecule has 1 unspecified atom stereocenters. The van der Waals surface area contributed by atoms with Gasteiger partial charge in [-0.15, -0.1) is 5.10 Å². The van der Waals surface area contributed by atoms with Gasteiger partial charge in [0.15, 0.2) is 5.65 Å². The van der Waals surface area contributed by atoms with Crippen LogP contribution in [0.15, 0.2) is 60.9 Å². The van der Waals surface area contributed by atoms with Crippen molar-refractivity contribution in [3.63, 3.8) is 0 Å². The molecule has 0 aliphatic rings. The minimum Gasteiger partial charge on any atom is -0.372 e. The van der Waals surface area contributed by atoms with E-state index in [9.17, 15) is 4.79 Å². The number of benzene rings is 1. The molecule has 31 heavy (non-hydrogen) atoms. The Morgan fingerprint density at radius 3 is 2.74 bits per heavy atom. The molecule has 1 atom stereocenters. The van der Waals surface area contributed by atoms with E-state index in [4.69, 9.17) is 5.73 Å². The summed E-state index contributed by atoms with van der Waals surface area (Å²) in [5.41, 5.74) is 9.75. The Morgan fingerprint density at radius 1 is 1.16 bits per heavy atom. The van der Waals surface area contributed by atoms with Crippen molar-refractivity contribution in [2.75, 3.05) is 24.6 Å². The van der Waals surface area contributed by atoms with Gasteiger partial charge in [0.25, 0.3) is 5.91 Å². The van der Waals surface area contributed by atoms with E-state index in [2.05, 4.69) is 44.8 Å². The number of carbonyl (C=O) groups is 1. The topological polar surface area (TPSA) is 110 Å². The molecule has 4 N–H and O–H groups in total. The van der Waals surface area contributed by atoms with Gasteiger partial charge >= 0.3 is 0 Å². The summed E-state index contributed by atoms with van der Waals surface area (Å²) in [5, 5.41) is 10.1. The summed E-state index contributed by atoms with van der Waals surface area (Å²) < 4.78 is 1.61. The smallest absolute Gasteiger partial charge is 0.255 e. The van der Waals surface area contributed by atoms with Crippen molar-refractivity contribution >= 4 is 23.3 Å². The summed E-state index contributed by atoms with van der Waals surface area (Å²) >= 11 is 0. The van der Waals surface area contributed by atoms with Crippen molar-refractivity contribution in [2.24, 2.45) is 0 Å². The van der Waals surface area contributed by atoms with Crippen molar-refractivity contribution in [2.45, 2.75) is 19.3 Å². The minimum absolute atomic E-state index is 0.160. The molecule has 0 saturated heterocycles. The molecule has 1 amide bonds. The van der Waals surface area contributed by atoms with Gasteiger partial charge in [0.1, 0.15) is 5.82 Å². The molecule has 4 rings (SSSR count). The Kier molecular flexibility index (Phi) is 5.79. The number of amides is 1. The highest BCUT2D eigenvalue weighted by molar-refractivity contribution is 5.99. The highest BCUT2D eigenvalue weighted by Gasteiger charge is 2.15. The Hall–Kier alpha value is -3.94. The number of hydrogen-bond acceptors (Lipinski definition) is 6. The largest absolute Gasteiger partial charge is 0.372 e. The molecule has 0 aliphatic carbocycles. The Bertz CT molecular complexity index is 1200.